The van der Waals surface area contributed by atoms with Gasteiger partial charge in [-0.2, -0.15) is 0 Å². The summed E-state index contributed by atoms with van der Waals surface area (Å²) in [6.07, 6.45) is 1.18. The number of anilines is 1. The lowest BCUT2D eigenvalue weighted by Crippen LogP contribution is -2.21. The number of benzene rings is 1. The van der Waals surface area contributed by atoms with Crippen LogP contribution < -0.4 is 5.32 Å². The highest BCUT2D eigenvalue weighted by molar-refractivity contribution is 8.14. The molecule has 0 saturated carbocycles. The highest BCUT2D eigenvalue weighted by Crippen LogP contribution is 2.30. The molecule has 0 spiro atoms. The van der Waals surface area contributed by atoms with Crippen LogP contribution in [0.25, 0.3) is 0 Å². The second-order valence-corrected chi connectivity index (χ2v) is 6.92. The molecule has 18 heavy (non-hydrogen) atoms. The number of rotatable bonds is 1. The Morgan fingerprint density at radius 1 is 1.28 bits per heavy atom. The molecule has 1 heterocycles. The van der Waals surface area contributed by atoms with Gasteiger partial charge in [0.15, 0.2) is 5.17 Å². The van der Waals surface area contributed by atoms with E-state index in [9.17, 15) is 0 Å². The second-order valence-electron chi connectivity index (χ2n) is 5.84. The number of para-hydroxylation sites is 1. The van der Waals surface area contributed by atoms with Gasteiger partial charge in [0, 0.05) is 11.4 Å². The van der Waals surface area contributed by atoms with Crippen molar-refractivity contribution in [1.82, 2.24) is 0 Å². The van der Waals surface area contributed by atoms with Crippen molar-refractivity contribution in [2.45, 2.75) is 45.6 Å². The summed E-state index contributed by atoms with van der Waals surface area (Å²) < 4.78 is 0. The third-order valence-electron chi connectivity index (χ3n) is 3.09. The van der Waals surface area contributed by atoms with Gasteiger partial charge >= 0.3 is 0 Å². The summed E-state index contributed by atoms with van der Waals surface area (Å²) in [5.74, 6) is 1.16. The molecule has 1 aliphatic rings. The Hall–Kier alpha value is -0.960. The Bertz CT molecular complexity index is 446. The molecule has 1 aromatic carbocycles. The maximum absolute atomic E-state index is 4.67. The lowest BCUT2D eigenvalue weighted by atomic mass is 9.86. The summed E-state index contributed by atoms with van der Waals surface area (Å²) in [6.45, 7) is 8.90. The molecule has 98 valence electrons. The fourth-order valence-corrected chi connectivity index (χ4v) is 3.15. The number of thioether (sulfide) groups is 1. The SMILES string of the molecule is CC1CCSC(Nc2ccccc2C(C)(C)C)=N1. The van der Waals surface area contributed by atoms with E-state index in [2.05, 4.69) is 62.3 Å². The molecule has 1 atom stereocenters. The van der Waals surface area contributed by atoms with Gasteiger partial charge in [0.05, 0.1) is 6.04 Å². The van der Waals surface area contributed by atoms with Crippen molar-refractivity contribution in [3.63, 3.8) is 0 Å². The Morgan fingerprint density at radius 2 is 2.00 bits per heavy atom. The van der Waals surface area contributed by atoms with Crippen LogP contribution in [0.5, 0.6) is 0 Å². The van der Waals surface area contributed by atoms with Crippen molar-refractivity contribution in [2.75, 3.05) is 11.1 Å². The van der Waals surface area contributed by atoms with Gasteiger partial charge in [-0.1, -0.05) is 50.7 Å². The highest BCUT2D eigenvalue weighted by Gasteiger charge is 2.19. The molecule has 3 heteroatoms. The van der Waals surface area contributed by atoms with Crippen molar-refractivity contribution in [3.8, 4) is 0 Å². The molecule has 0 fully saturated rings. The molecule has 0 aliphatic carbocycles. The summed E-state index contributed by atoms with van der Waals surface area (Å²) in [7, 11) is 0. The smallest absolute Gasteiger partial charge is 0.161 e. The van der Waals surface area contributed by atoms with Gasteiger partial charge in [-0.3, -0.25) is 4.99 Å². The molecule has 1 aromatic rings. The molecular formula is C15H22N2S. The lowest BCUT2D eigenvalue weighted by Gasteiger charge is -2.25. The number of hydrogen-bond acceptors (Lipinski definition) is 3. The van der Waals surface area contributed by atoms with Gasteiger partial charge in [0.25, 0.3) is 0 Å². The van der Waals surface area contributed by atoms with Gasteiger partial charge in [-0.15, -0.1) is 0 Å². The van der Waals surface area contributed by atoms with E-state index in [0.29, 0.717) is 6.04 Å². The minimum atomic E-state index is 0.148. The zero-order valence-corrected chi connectivity index (χ0v) is 12.5. The molecule has 1 N–H and O–H groups in total. The van der Waals surface area contributed by atoms with Crippen LogP contribution in [-0.4, -0.2) is 17.0 Å². The topological polar surface area (TPSA) is 24.4 Å². The maximum atomic E-state index is 4.67. The lowest BCUT2D eigenvalue weighted by molar-refractivity contribution is 0.592. The van der Waals surface area contributed by atoms with E-state index < -0.39 is 0 Å². The summed E-state index contributed by atoms with van der Waals surface area (Å²) in [5.41, 5.74) is 2.67. The summed E-state index contributed by atoms with van der Waals surface area (Å²) in [6, 6.07) is 8.96. The predicted molar refractivity (Wildman–Crippen MR) is 82.7 cm³/mol. The quantitative estimate of drug-likeness (QED) is 0.817. The van der Waals surface area contributed by atoms with Crippen LogP contribution in [0.1, 0.15) is 39.7 Å². The molecule has 2 rings (SSSR count). The fraction of sp³-hybridized carbons (Fsp3) is 0.533. The zero-order chi connectivity index (χ0) is 13.2. The van der Waals surface area contributed by atoms with Crippen molar-refractivity contribution in [3.05, 3.63) is 29.8 Å². The van der Waals surface area contributed by atoms with Crippen LogP contribution in [-0.2, 0) is 5.41 Å². The van der Waals surface area contributed by atoms with Crippen LogP contribution in [0.2, 0.25) is 0 Å². The Labute approximate surface area is 114 Å². The fourth-order valence-electron chi connectivity index (χ4n) is 2.06. The zero-order valence-electron chi connectivity index (χ0n) is 11.7. The van der Waals surface area contributed by atoms with E-state index in [1.165, 1.54) is 17.7 Å². The third-order valence-corrected chi connectivity index (χ3v) is 4.01. The maximum Gasteiger partial charge on any atom is 0.161 e. The molecule has 0 radical (unpaired) electrons. The largest absolute Gasteiger partial charge is 0.335 e. The molecule has 0 saturated heterocycles. The normalized spacial score (nSPS) is 20.4. The van der Waals surface area contributed by atoms with E-state index in [1.54, 1.807) is 0 Å². The Balaban J connectivity index is 2.24. The van der Waals surface area contributed by atoms with Crippen molar-refractivity contribution in [2.24, 2.45) is 4.99 Å². The first-order valence-electron chi connectivity index (χ1n) is 6.54. The van der Waals surface area contributed by atoms with Crippen molar-refractivity contribution >= 4 is 22.6 Å². The third kappa shape index (κ3) is 3.29. The number of amidine groups is 1. The van der Waals surface area contributed by atoms with Crippen LogP contribution in [0, 0.1) is 0 Å². The van der Waals surface area contributed by atoms with Gasteiger partial charge in [-0.25, -0.2) is 0 Å². The van der Waals surface area contributed by atoms with Crippen molar-refractivity contribution in [1.29, 1.82) is 0 Å². The van der Waals surface area contributed by atoms with Crippen LogP contribution in [0.15, 0.2) is 29.3 Å². The van der Waals surface area contributed by atoms with E-state index in [1.807, 2.05) is 11.8 Å². The number of hydrogen-bond donors (Lipinski definition) is 1. The molecule has 2 nitrogen and oxygen atoms in total. The number of nitrogens with zero attached hydrogens (tertiary/aromatic N) is 1. The van der Waals surface area contributed by atoms with E-state index in [0.717, 1.165) is 10.9 Å². The van der Waals surface area contributed by atoms with Crippen LogP contribution in [0.4, 0.5) is 5.69 Å². The van der Waals surface area contributed by atoms with Gasteiger partial charge < -0.3 is 5.32 Å². The first-order chi connectivity index (χ1) is 8.47. The first-order valence-corrected chi connectivity index (χ1v) is 7.52. The summed E-state index contributed by atoms with van der Waals surface area (Å²) in [4.78, 5) is 4.67. The molecule has 1 unspecified atom stereocenters. The van der Waals surface area contributed by atoms with E-state index in [4.69, 9.17) is 0 Å². The Morgan fingerprint density at radius 3 is 2.67 bits per heavy atom. The average Bonchev–Trinajstić information content (AvgIpc) is 2.28. The van der Waals surface area contributed by atoms with E-state index >= 15 is 0 Å². The minimum Gasteiger partial charge on any atom is -0.335 e. The molecule has 0 amide bonds. The Kier molecular flexibility index (Phi) is 4.00. The average molecular weight is 262 g/mol. The standard InChI is InChI=1S/C15H22N2S/c1-11-9-10-18-14(16-11)17-13-8-6-5-7-12(13)15(2,3)4/h5-8,11H,9-10H2,1-4H3,(H,16,17). The first kappa shape index (κ1) is 13.5. The van der Waals surface area contributed by atoms with Crippen molar-refractivity contribution < 1.29 is 0 Å². The number of nitrogens with one attached hydrogen (secondary N) is 1. The van der Waals surface area contributed by atoms with Crippen LogP contribution >= 0.6 is 11.8 Å². The highest BCUT2D eigenvalue weighted by atomic mass is 32.2. The van der Waals surface area contributed by atoms with Gasteiger partial charge in [0.1, 0.15) is 0 Å². The predicted octanol–water partition coefficient (Wildman–Crippen LogP) is 4.28. The molecule has 0 bridgehead atoms. The number of aliphatic imine (C=N–C) groups is 1. The van der Waals surface area contributed by atoms with Crippen LogP contribution in [0.3, 0.4) is 0 Å². The van der Waals surface area contributed by atoms with E-state index in [-0.39, 0.29) is 5.41 Å². The molecule has 1 aliphatic heterocycles. The summed E-state index contributed by atoms with van der Waals surface area (Å²) >= 11 is 1.82. The van der Waals surface area contributed by atoms with Gasteiger partial charge in [-0.05, 0) is 30.4 Å². The molecule has 0 aromatic heterocycles. The van der Waals surface area contributed by atoms with Gasteiger partial charge in [0.2, 0.25) is 0 Å². The minimum absolute atomic E-state index is 0.148. The monoisotopic (exact) mass is 262 g/mol. The summed E-state index contributed by atoms with van der Waals surface area (Å²) in [5, 5.41) is 4.56. The second kappa shape index (κ2) is 5.35. The molecular weight excluding hydrogens is 240 g/mol.